The molecule has 0 N–H and O–H groups in total. The van der Waals surface area contributed by atoms with Crippen LogP contribution in [0.25, 0.3) is 6.08 Å². The minimum absolute atomic E-state index is 0.293. The van der Waals surface area contributed by atoms with Gasteiger partial charge in [-0.1, -0.05) is 12.1 Å². The van der Waals surface area contributed by atoms with Crippen LogP contribution in [0, 0.1) is 0 Å². The first-order chi connectivity index (χ1) is 7.67. The molecule has 1 aromatic carbocycles. The van der Waals surface area contributed by atoms with Gasteiger partial charge in [-0.05, 0) is 53.3 Å². The van der Waals surface area contributed by atoms with Gasteiger partial charge in [0.25, 0.3) is 0 Å². The first kappa shape index (κ1) is 13.0. The molecule has 0 unspecified atom stereocenters. The predicted octanol–water partition coefficient (Wildman–Crippen LogP) is 3.03. The summed E-state index contributed by atoms with van der Waals surface area (Å²) in [5.74, 6) is 0.502. The number of carbonyl (C=O) groups excluding carboxylic acids is 1. The minimum Gasteiger partial charge on any atom is -0.497 e. The number of hydrogen-bond donors (Lipinski definition) is 0. The van der Waals surface area contributed by atoms with Crippen molar-refractivity contribution < 1.29 is 14.3 Å². The Hall–Kier alpha value is -1.04. The third kappa shape index (κ3) is 3.84. The van der Waals surface area contributed by atoms with Gasteiger partial charge in [0.15, 0.2) is 0 Å². The number of benzene rings is 1. The van der Waals surface area contributed by atoms with E-state index in [0.717, 1.165) is 11.3 Å². The van der Waals surface area contributed by atoms with E-state index in [4.69, 9.17) is 9.47 Å². The summed E-state index contributed by atoms with van der Waals surface area (Å²) in [6, 6.07) is 7.47. The van der Waals surface area contributed by atoms with Gasteiger partial charge in [-0.25, -0.2) is 4.79 Å². The zero-order valence-corrected chi connectivity index (χ0v) is 11.4. The highest BCUT2D eigenvalue weighted by Gasteiger charge is 2.05. The van der Waals surface area contributed by atoms with Crippen LogP contribution in [-0.4, -0.2) is 19.7 Å². The van der Waals surface area contributed by atoms with Crippen molar-refractivity contribution in [2.75, 3.05) is 13.7 Å². The van der Waals surface area contributed by atoms with Gasteiger partial charge in [0.1, 0.15) is 5.75 Å². The Morgan fingerprint density at radius 1 is 1.38 bits per heavy atom. The van der Waals surface area contributed by atoms with Gasteiger partial charge in [-0.3, -0.25) is 0 Å². The Morgan fingerprint density at radius 2 is 2.00 bits per heavy atom. The highest BCUT2D eigenvalue weighted by molar-refractivity contribution is 14.1. The monoisotopic (exact) mass is 332 g/mol. The van der Waals surface area contributed by atoms with E-state index < -0.39 is 0 Å². The van der Waals surface area contributed by atoms with Gasteiger partial charge >= 0.3 is 5.97 Å². The van der Waals surface area contributed by atoms with E-state index in [0.29, 0.717) is 10.2 Å². The topological polar surface area (TPSA) is 35.5 Å². The zero-order chi connectivity index (χ0) is 12.0. The summed E-state index contributed by atoms with van der Waals surface area (Å²) in [5.41, 5.74) is 0.943. The molecule has 3 nitrogen and oxygen atoms in total. The maximum absolute atomic E-state index is 11.3. The molecule has 16 heavy (non-hydrogen) atoms. The normalized spacial score (nSPS) is 11.1. The maximum atomic E-state index is 11.3. The number of methoxy groups -OCH3 is 1. The predicted molar refractivity (Wildman–Crippen MR) is 71.6 cm³/mol. The maximum Gasteiger partial charge on any atom is 0.344 e. The first-order valence-corrected chi connectivity index (χ1v) is 5.93. The minimum atomic E-state index is -0.293. The fourth-order valence-corrected chi connectivity index (χ4v) is 1.62. The van der Waals surface area contributed by atoms with Crippen molar-refractivity contribution in [1.82, 2.24) is 0 Å². The van der Waals surface area contributed by atoms with Crippen molar-refractivity contribution in [2.24, 2.45) is 0 Å². The third-order valence-corrected chi connectivity index (χ3v) is 2.63. The van der Waals surface area contributed by atoms with Crippen molar-refractivity contribution in [3.8, 4) is 5.75 Å². The molecular formula is C12H13IO3. The molecule has 0 radical (unpaired) electrons. The molecule has 0 aliphatic rings. The fraction of sp³-hybridized carbons (Fsp3) is 0.250. The van der Waals surface area contributed by atoms with Crippen molar-refractivity contribution in [3.05, 3.63) is 33.4 Å². The number of ether oxygens (including phenoxy) is 2. The first-order valence-electron chi connectivity index (χ1n) is 4.85. The van der Waals surface area contributed by atoms with E-state index in [1.54, 1.807) is 20.1 Å². The molecule has 86 valence electrons. The summed E-state index contributed by atoms with van der Waals surface area (Å²) in [6.07, 6.45) is 1.78. The molecule has 0 aromatic heterocycles. The summed E-state index contributed by atoms with van der Waals surface area (Å²) in [5, 5.41) is 0. The van der Waals surface area contributed by atoms with Crippen molar-refractivity contribution >= 4 is 34.6 Å². The fourth-order valence-electron chi connectivity index (χ4n) is 1.11. The summed E-state index contributed by atoms with van der Waals surface area (Å²) >= 11 is 1.97. The molecule has 0 aliphatic heterocycles. The molecule has 0 bridgehead atoms. The lowest BCUT2D eigenvalue weighted by molar-refractivity contribution is -0.137. The smallest absolute Gasteiger partial charge is 0.344 e. The van der Waals surface area contributed by atoms with Gasteiger partial charge in [0.2, 0.25) is 0 Å². The van der Waals surface area contributed by atoms with Crippen LogP contribution in [0.3, 0.4) is 0 Å². The lowest BCUT2D eigenvalue weighted by Gasteiger charge is -2.01. The van der Waals surface area contributed by atoms with E-state index in [2.05, 4.69) is 0 Å². The summed E-state index contributed by atoms with van der Waals surface area (Å²) in [7, 11) is 1.62. The molecule has 1 aromatic rings. The molecule has 0 saturated carbocycles. The molecule has 0 aliphatic carbocycles. The summed E-state index contributed by atoms with van der Waals surface area (Å²) in [4.78, 5) is 11.3. The van der Waals surface area contributed by atoms with Gasteiger partial charge in [-0.15, -0.1) is 0 Å². The van der Waals surface area contributed by atoms with Gasteiger partial charge in [-0.2, -0.15) is 0 Å². The van der Waals surface area contributed by atoms with Gasteiger partial charge < -0.3 is 9.47 Å². The highest BCUT2D eigenvalue weighted by Crippen LogP contribution is 2.17. The number of carbonyl (C=O) groups is 1. The van der Waals surface area contributed by atoms with Crippen molar-refractivity contribution in [1.29, 1.82) is 0 Å². The number of hydrogen-bond acceptors (Lipinski definition) is 3. The van der Waals surface area contributed by atoms with Crippen LogP contribution in [0.5, 0.6) is 5.75 Å². The van der Waals surface area contributed by atoms with Crippen molar-refractivity contribution in [3.63, 3.8) is 0 Å². The van der Waals surface area contributed by atoms with E-state index in [-0.39, 0.29) is 5.97 Å². The largest absolute Gasteiger partial charge is 0.497 e. The molecule has 0 saturated heterocycles. The molecule has 0 spiro atoms. The van der Waals surface area contributed by atoms with E-state index in [1.807, 2.05) is 46.9 Å². The standard InChI is InChI=1S/C12H13IO3/c1-3-16-12(14)11(13)8-9-4-6-10(15-2)7-5-9/h4-8H,3H2,1-2H3/b11-8+. The third-order valence-electron chi connectivity index (χ3n) is 1.88. The number of esters is 1. The van der Waals surface area contributed by atoms with Gasteiger partial charge in [0.05, 0.1) is 17.3 Å². The zero-order valence-electron chi connectivity index (χ0n) is 9.20. The lowest BCUT2D eigenvalue weighted by Crippen LogP contribution is -2.02. The molecular weight excluding hydrogens is 319 g/mol. The second kappa shape index (κ2) is 6.52. The van der Waals surface area contributed by atoms with Crippen LogP contribution in [0.1, 0.15) is 12.5 Å². The van der Waals surface area contributed by atoms with Crippen molar-refractivity contribution in [2.45, 2.75) is 6.92 Å². The summed E-state index contributed by atoms with van der Waals surface area (Å²) < 4.78 is 10.5. The molecule has 1 rings (SSSR count). The van der Waals surface area contributed by atoms with E-state index in [1.165, 1.54) is 0 Å². The molecule has 0 amide bonds. The van der Waals surface area contributed by atoms with E-state index >= 15 is 0 Å². The lowest BCUT2D eigenvalue weighted by atomic mass is 10.2. The quantitative estimate of drug-likeness (QED) is 0.483. The van der Waals surface area contributed by atoms with E-state index in [9.17, 15) is 4.79 Å². The highest BCUT2D eigenvalue weighted by atomic mass is 127. The van der Waals surface area contributed by atoms with Crippen LogP contribution in [0.2, 0.25) is 0 Å². The average molecular weight is 332 g/mol. The SMILES string of the molecule is CCOC(=O)/C(I)=C\c1ccc(OC)cc1. The van der Waals surface area contributed by atoms with Crippen LogP contribution in [-0.2, 0) is 9.53 Å². The average Bonchev–Trinajstić information content (AvgIpc) is 2.30. The molecule has 0 fully saturated rings. The number of halogens is 1. The van der Waals surface area contributed by atoms with Gasteiger partial charge in [0, 0.05) is 0 Å². The Bertz CT molecular complexity index is 382. The van der Waals surface area contributed by atoms with Crippen LogP contribution in [0.4, 0.5) is 0 Å². The Labute approximate surface area is 109 Å². The summed E-state index contributed by atoms with van der Waals surface area (Å²) in [6.45, 7) is 2.18. The molecule has 0 atom stereocenters. The second-order valence-electron chi connectivity index (χ2n) is 2.99. The number of rotatable bonds is 4. The Balaban J connectivity index is 2.77. The van der Waals surface area contributed by atoms with Crippen LogP contribution < -0.4 is 4.74 Å². The van der Waals surface area contributed by atoms with Crippen LogP contribution in [0.15, 0.2) is 27.8 Å². The second-order valence-corrected chi connectivity index (χ2v) is 4.15. The Kier molecular flexibility index (Phi) is 5.31. The van der Waals surface area contributed by atoms with Crippen LogP contribution >= 0.6 is 22.6 Å². The molecule has 4 heteroatoms. The Morgan fingerprint density at radius 3 is 2.50 bits per heavy atom. The molecule has 0 heterocycles.